The van der Waals surface area contributed by atoms with Crippen LogP contribution in [0, 0.1) is 12.8 Å². The van der Waals surface area contributed by atoms with Gasteiger partial charge in [0.05, 0.1) is 5.69 Å². The third-order valence-electron chi connectivity index (χ3n) is 3.19. The monoisotopic (exact) mass is 347 g/mol. The lowest BCUT2D eigenvalue weighted by molar-refractivity contribution is -0.126. The lowest BCUT2D eigenvalue weighted by Gasteiger charge is -2.21. The van der Waals surface area contributed by atoms with Crippen molar-refractivity contribution in [3.8, 4) is 10.6 Å². The number of thiazole rings is 1. The number of thiol groups is 1. The first-order valence-electron chi connectivity index (χ1n) is 6.98. The van der Waals surface area contributed by atoms with Gasteiger partial charge in [0, 0.05) is 29.6 Å². The van der Waals surface area contributed by atoms with Gasteiger partial charge in [0.15, 0.2) is 0 Å². The molecule has 1 unspecified atom stereocenters. The van der Waals surface area contributed by atoms with Crippen molar-refractivity contribution in [3.63, 3.8) is 0 Å². The van der Waals surface area contributed by atoms with Crippen molar-refractivity contribution in [3.05, 3.63) is 42.9 Å². The lowest BCUT2D eigenvalue weighted by atomic mass is 10.2. The molecule has 0 aromatic carbocycles. The maximum Gasteiger partial charge on any atom is 0.257 e. The minimum absolute atomic E-state index is 0.311. The van der Waals surface area contributed by atoms with Gasteiger partial charge in [0.25, 0.3) is 5.91 Å². The number of hydrogen-bond donors (Lipinski definition) is 1. The van der Waals surface area contributed by atoms with Crippen LogP contribution in [0.4, 0.5) is 5.00 Å². The van der Waals surface area contributed by atoms with Gasteiger partial charge in [-0.3, -0.25) is 14.6 Å². The molecule has 0 aliphatic rings. The first-order valence-corrected chi connectivity index (χ1v) is 8.43. The average Bonchev–Trinajstić information content (AvgIpc) is 2.96. The van der Waals surface area contributed by atoms with Crippen LogP contribution in [0.25, 0.3) is 10.6 Å². The number of hydrogen-bond acceptors (Lipinski definition) is 6. The molecule has 120 valence electrons. The van der Waals surface area contributed by atoms with E-state index >= 15 is 0 Å². The number of carbonyl (C=O) groups is 2. The molecule has 0 saturated heterocycles. The zero-order chi connectivity index (χ0) is 17.0. The van der Waals surface area contributed by atoms with Gasteiger partial charge >= 0.3 is 0 Å². The Bertz CT molecular complexity index is 728. The van der Waals surface area contributed by atoms with Crippen molar-refractivity contribution < 1.29 is 9.59 Å². The van der Waals surface area contributed by atoms with Crippen molar-refractivity contribution in [2.75, 3.05) is 10.7 Å². The molecule has 0 spiro atoms. The fraction of sp³-hybridized carbons (Fsp3) is 0.250. The summed E-state index contributed by atoms with van der Waals surface area (Å²) in [6.45, 7) is 6.99. The Morgan fingerprint density at radius 1 is 1.52 bits per heavy atom. The highest BCUT2D eigenvalue weighted by Crippen LogP contribution is 2.35. The maximum absolute atomic E-state index is 12.5. The van der Waals surface area contributed by atoms with E-state index in [1.807, 2.05) is 12.1 Å². The van der Waals surface area contributed by atoms with Gasteiger partial charge in [0.2, 0.25) is 5.91 Å². The third kappa shape index (κ3) is 3.68. The molecule has 2 amide bonds. The van der Waals surface area contributed by atoms with Crippen LogP contribution < -0.4 is 4.90 Å². The Labute approximate surface area is 144 Å². The summed E-state index contributed by atoms with van der Waals surface area (Å²) < 4.78 is 0. The molecule has 0 N–H and O–H groups in total. The molecule has 2 aromatic rings. The molecule has 2 aromatic heterocycles. The van der Waals surface area contributed by atoms with Crippen LogP contribution in [0.1, 0.15) is 12.6 Å². The molecular weight excluding hydrogens is 330 g/mol. The van der Waals surface area contributed by atoms with E-state index in [-0.39, 0.29) is 11.8 Å². The first kappa shape index (κ1) is 17.4. The van der Waals surface area contributed by atoms with Crippen molar-refractivity contribution in [2.45, 2.75) is 13.8 Å². The van der Waals surface area contributed by atoms with Gasteiger partial charge in [-0.2, -0.15) is 12.6 Å². The van der Waals surface area contributed by atoms with Gasteiger partial charge in [0.1, 0.15) is 10.0 Å². The Kier molecular flexibility index (Phi) is 5.68. The normalized spacial score (nSPS) is 11.8. The first-order chi connectivity index (χ1) is 11.0. The molecule has 0 radical (unpaired) electrons. The SMILES string of the molecule is C=CC(=O)N(C(=O)C(C)CS)c1sc(-c2cccnc2)nc1C. The molecule has 0 bridgehead atoms. The largest absolute Gasteiger partial charge is 0.274 e. The molecular formula is C16H17N3O2S2. The van der Waals surface area contributed by atoms with Crippen molar-refractivity contribution >= 4 is 40.8 Å². The van der Waals surface area contributed by atoms with Crippen LogP contribution in [-0.4, -0.2) is 27.5 Å². The Hall–Kier alpha value is -1.99. The van der Waals surface area contributed by atoms with Gasteiger partial charge in [-0.1, -0.05) is 24.8 Å². The molecule has 0 aliphatic carbocycles. The van der Waals surface area contributed by atoms with E-state index in [0.717, 1.165) is 16.5 Å². The second-order valence-corrected chi connectivity index (χ2v) is 6.29. The van der Waals surface area contributed by atoms with Gasteiger partial charge < -0.3 is 0 Å². The molecule has 0 saturated carbocycles. The van der Waals surface area contributed by atoms with E-state index in [9.17, 15) is 9.59 Å². The van der Waals surface area contributed by atoms with E-state index in [1.165, 1.54) is 11.3 Å². The number of rotatable bonds is 5. The standard InChI is InChI=1S/C16H17N3O2S2/c1-4-13(20)19(15(21)10(2)9-22)16-11(3)18-14(23-16)12-6-5-7-17-8-12/h4-8,10,22H,1,9H2,2-3H3. The third-order valence-corrected chi connectivity index (χ3v) is 4.93. The van der Waals surface area contributed by atoms with E-state index < -0.39 is 5.91 Å². The summed E-state index contributed by atoms with van der Waals surface area (Å²) in [5, 5.41) is 1.21. The van der Waals surface area contributed by atoms with Crippen LogP contribution in [0.15, 0.2) is 37.2 Å². The highest BCUT2D eigenvalue weighted by molar-refractivity contribution is 7.80. The zero-order valence-corrected chi connectivity index (χ0v) is 14.6. The Balaban J connectivity index is 2.48. The summed E-state index contributed by atoms with van der Waals surface area (Å²) in [7, 11) is 0. The summed E-state index contributed by atoms with van der Waals surface area (Å²) in [6, 6.07) is 3.69. The maximum atomic E-state index is 12.5. The predicted octanol–water partition coefficient (Wildman–Crippen LogP) is 3.13. The second-order valence-electron chi connectivity index (χ2n) is 4.95. The van der Waals surface area contributed by atoms with Crippen LogP contribution in [0.2, 0.25) is 0 Å². The Morgan fingerprint density at radius 3 is 2.83 bits per heavy atom. The quantitative estimate of drug-likeness (QED) is 0.667. The number of aromatic nitrogens is 2. The van der Waals surface area contributed by atoms with Crippen LogP contribution in [-0.2, 0) is 9.59 Å². The van der Waals surface area contributed by atoms with Crippen LogP contribution >= 0.6 is 24.0 Å². The fourth-order valence-corrected chi connectivity index (χ4v) is 3.13. The van der Waals surface area contributed by atoms with Crippen molar-refractivity contribution in [1.29, 1.82) is 0 Å². The molecule has 0 aliphatic heterocycles. The predicted molar refractivity (Wildman–Crippen MR) is 95.8 cm³/mol. The molecule has 1 atom stereocenters. The molecule has 0 fully saturated rings. The van der Waals surface area contributed by atoms with Gasteiger partial charge in [-0.15, -0.1) is 0 Å². The van der Waals surface area contributed by atoms with E-state index in [0.29, 0.717) is 21.5 Å². The highest BCUT2D eigenvalue weighted by atomic mass is 32.1. The molecule has 5 nitrogen and oxygen atoms in total. The van der Waals surface area contributed by atoms with E-state index in [2.05, 4.69) is 29.2 Å². The summed E-state index contributed by atoms with van der Waals surface area (Å²) >= 11 is 5.42. The van der Waals surface area contributed by atoms with Crippen LogP contribution in [0.5, 0.6) is 0 Å². The smallest absolute Gasteiger partial charge is 0.257 e. The lowest BCUT2D eigenvalue weighted by Crippen LogP contribution is -2.39. The highest BCUT2D eigenvalue weighted by Gasteiger charge is 2.29. The van der Waals surface area contributed by atoms with Gasteiger partial charge in [-0.25, -0.2) is 9.88 Å². The van der Waals surface area contributed by atoms with Crippen molar-refractivity contribution in [1.82, 2.24) is 9.97 Å². The Morgan fingerprint density at radius 2 is 2.26 bits per heavy atom. The van der Waals surface area contributed by atoms with Crippen LogP contribution in [0.3, 0.4) is 0 Å². The summed E-state index contributed by atoms with van der Waals surface area (Å²) in [5.74, 6) is -0.805. The molecule has 23 heavy (non-hydrogen) atoms. The molecule has 7 heteroatoms. The minimum Gasteiger partial charge on any atom is -0.274 e. The number of amides is 2. The summed E-state index contributed by atoms with van der Waals surface area (Å²) in [5.41, 5.74) is 1.45. The fourth-order valence-electron chi connectivity index (χ4n) is 1.91. The number of nitrogens with zero attached hydrogens (tertiary/aromatic N) is 3. The molecule has 2 rings (SSSR count). The summed E-state index contributed by atoms with van der Waals surface area (Å²) in [4.78, 5) is 34.4. The number of aryl methyl sites for hydroxylation is 1. The second kappa shape index (κ2) is 7.52. The van der Waals surface area contributed by atoms with Gasteiger partial charge in [-0.05, 0) is 25.1 Å². The summed E-state index contributed by atoms with van der Waals surface area (Å²) in [6.07, 6.45) is 4.50. The average molecular weight is 347 g/mol. The number of imide groups is 1. The van der Waals surface area contributed by atoms with Crippen molar-refractivity contribution in [2.24, 2.45) is 5.92 Å². The van der Waals surface area contributed by atoms with E-state index in [1.54, 1.807) is 26.2 Å². The topological polar surface area (TPSA) is 63.2 Å². The molecule has 2 heterocycles. The number of anilines is 1. The number of carbonyl (C=O) groups excluding carboxylic acids is 2. The number of pyridine rings is 1. The van der Waals surface area contributed by atoms with E-state index in [4.69, 9.17) is 0 Å². The minimum atomic E-state index is -0.465. The zero-order valence-electron chi connectivity index (χ0n) is 12.9.